The molecule has 1 aromatic rings. The van der Waals surface area contributed by atoms with E-state index < -0.39 is 17.3 Å². The van der Waals surface area contributed by atoms with Gasteiger partial charge in [0.05, 0.1) is 5.41 Å². The molecule has 0 spiro atoms. The maximum absolute atomic E-state index is 13.5. The zero-order chi connectivity index (χ0) is 10.9. The number of pyridine rings is 1. The fourth-order valence-corrected chi connectivity index (χ4v) is 2.32. The van der Waals surface area contributed by atoms with Crippen molar-refractivity contribution in [1.29, 1.82) is 0 Å². The largest absolute Gasteiger partial charge is 0.481 e. The lowest BCUT2D eigenvalue weighted by Gasteiger charge is -2.23. The van der Waals surface area contributed by atoms with Gasteiger partial charge in [0.1, 0.15) is 0 Å². The van der Waals surface area contributed by atoms with Crippen LogP contribution in [0.25, 0.3) is 0 Å². The third kappa shape index (κ3) is 1.50. The van der Waals surface area contributed by atoms with Crippen molar-refractivity contribution in [1.82, 2.24) is 4.98 Å². The molecule has 4 heteroatoms. The molecule has 0 bridgehead atoms. The summed E-state index contributed by atoms with van der Waals surface area (Å²) < 4.78 is 13.5. The van der Waals surface area contributed by atoms with Gasteiger partial charge in [-0.05, 0) is 18.9 Å². The van der Waals surface area contributed by atoms with E-state index in [-0.39, 0.29) is 5.56 Å². The first-order chi connectivity index (χ1) is 7.17. The monoisotopic (exact) mass is 209 g/mol. The number of carboxylic acid groups (broad SMARTS) is 1. The molecule has 2 rings (SSSR count). The summed E-state index contributed by atoms with van der Waals surface area (Å²) in [6, 6.07) is 3.11. The highest BCUT2D eigenvalue weighted by molar-refractivity contribution is 5.81. The zero-order valence-corrected chi connectivity index (χ0v) is 8.24. The van der Waals surface area contributed by atoms with E-state index in [0.29, 0.717) is 12.8 Å². The fraction of sp³-hybridized carbons (Fsp3) is 0.455. The molecule has 1 saturated carbocycles. The first kappa shape index (κ1) is 10.1. The van der Waals surface area contributed by atoms with Gasteiger partial charge in [0.15, 0.2) is 0 Å². The lowest BCUT2D eigenvalue weighted by Crippen LogP contribution is -2.33. The van der Waals surface area contributed by atoms with Crippen molar-refractivity contribution < 1.29 is 14.3 Å². The molecule has 1 aliphatic rings. The number of nitrogens with zero attached hydrogens (tertiary/aromatic N) is 1. The molecule has 0 atom stereocenters. The molecule has 80 valence electrons. The lowest BCUT2D eigenvalue weighted by molar-refractivity contribution is -0.143. The van der Waals surface area contributed by atoms with Crippen molar-refractivity contribution in [2.24, 2.45) is 0 Å². The molecular formula is C11H12FNO2. The number of hydrogen-bond donors (Lipinski definition) is 1. The van der Waals surface area contributed by atoms with Crippen molar-refractivity contribution in [2.75, 3.05) is 0 Å². The Morgan fingerprint density at radius 3 is 2.67 bits per heavy atom. The molecule has 1 fully saturated rings. The van der Waals surface area contributed by atoms with Gasteiger partial charge in [-0.1, -0.05) is 18.9 Å². The third-order valence-electron chi connectivity index (χ3n) is 3.14. The van der Waals surface area contributed by atoms with Crippen LogP contribution in [0.15, 0.2) is 18.3 Å². The number of halogens is 1. The minimum absolute atomic E-state index is 0.231. The van der Waals surface area contributed by atoms with E-state index in [1.165, 1.54) is 12.3 Å². The van der Waals surface area contributed by atoms with Crippen LogP contribution in [0.5, 0.6) is 0 Å². The summed E-state index contributed by atoms with van der Waals surface area (Å²) in [6.45, 7) is 0. The van der Waals surface area contributed by atoms with Gasteiger partial charge in [-0.2, -0.15) is 4.39 Å². The topological polar surface area (TPSA) is 50.2 Å². The number of carboxylic acids is 1. The average molecular weight is 209 g/mol. The first-order valence-electron chi connectivity index (χ1n) is 5.01. The van der Waals surface area contributed by atoms with Gasteiger partial charge in [-0.3, -0.25) is 4.79 Å². The predicted octanol–water partition coefficient (Wildman–Crippen LogP) is 2.12. The molecule has 0 saturated heterocycles. The van der Waals surface area contributed by atoms with Crippen LogP contribution >= 0.6 is 0 Å². The third-order valence-corrected chi connectivity index (χ3v) is 3.14. The number of hydrogen-bond acceptors (Lipinski definition) is 2. The Morgan fingerprint density at radius 1 is 1.47 bits per heavy atom. The summed E-state index contributed by atoms with van der Waals surface area (Å²) in [4.78, 5) is 14.8. The molecule has 1 aliphatic carbocycles. The quantitative estimate of drug-likeness (QED) is 0.759. The molecular weight excluding hydrogens is 197 g/mol. The van der Waals surface area contributed by atoms with Crippen molar-refractivity contribution in [3.63, 3.8) is 0 Å². The van der Waals surface area contributed by atoms with Gasteiger partial charge in [0.25, 0.3) is 0 Å². The van der Waals surface area contributed by atoms with Crippen LogP contribution in [-0.2, 0) is 10.2 Å². The summed E-state index contributed by atoms with van der Waals surface area (Å²) in [7, 11) is 0. The van der Waals surface area contributed by atoms with Crippen molar-refractivity contribution in [2.45, 2.75) is 31.1 Å². The van der Waals surface area contributed by atoms with Gasteiger partial charge in [-0.25, -0.2) is 4.98 Å². The zero-order valence-electron chi connectivity index (χ0n) is 8.24. The van der Waals surface area contributed by atoms with Gasteiger partial charge < -0.3 is 5.11 Å². The summed E-state index contributed by atoms with van der Waals surface area (Å²) in [5.74, 6) is -1.59. The van der Waals surface area contributed by atoms with Crippen LogP contribution in [-0.4, -0.2) is 16.1 Å². The van der Waals surface area contributed by atoms with Gasteiger partial charge in [0.2, 0.25) is 5.95 Å². The Morgan fingerprint density at radius 2 is 2.13 bits per heavy atom. The second kappa shape index (κ2) is 3.61. The van der Waals surface area contributed by atoms with Crippen molar-refractivity contribution >= 4 is 5.97 Å². The van der Waals surface area contributed by atoms with E-state index in [1.807, 2.05) is 0 Å². The van der Waals surface area contributed by atoms with E-state index in [4.69, 9.17) is 0 Å². The van der Waals surface area contributed by atoms with Gasteiger partial charge in [0, 0.05) is 11.8 Å². The van der Waals surface area contributed by atoms with Crippen LogP contribution < -0.4 is 0 Å². The second-order valence-corrected chi connectivity index (χ2v) is 3.94. The lowest BCUT2D eigenvalue weighted by atomic mass is 9.79. The minimum Gasteiger partial charge on any atom is -0.481 e. The molecule has 0 amide bonds. The van der Waals surface area contributed by atoms with Gasteiger partial charge >= 0.3 is 5.97 Å². The van der Waals surface area contributed by atoms with Crippen LogP contribution in [0.3, 0.4) is 0 Å². The van der Waals surface area contributed by atoms with Crippen molar-refractivity contribution in [3.8, 4) is 0 Å². The van der Waals surface area contributed by atoms with E-state index in [2.05, 4.69) is 4.98 Å². The molecule has 1 aromatic heterocycles. The maximum atomic E-state index is 13.5. The molecule has 1 N–H and O–H groups in total. The van der Waals surface area contributed by atoms with Crippen LogP contribution in [0.2, 0.25) is 0 Å². The van der Waals surface area contributed by atoms with E-state index in [9.17, 15) is 14.3 Å². The standard InChI is InChI=1S/C11H12FNO2/c12-9-8(4-3-7-13-9)11(10(14)15)5-1-2-6-11/h3-4,7H,1-2,5-6H2,(H,14,15). The SMILES string of the molecule is O=C(O)C1(c2cccnc2F)CCCC1. The molecule has 0 radical (unpaired) electrons. The average Bonchev–Trinajstić information content (AvgIpc) is 2.68. The predicted molar refractivity (Wildman–Crippen MR) is 52.0 cm³/mol. The van der Waals surface area contributed by atoms with Crippen LogP contribution in [0.4, 0.5) is 4.39 Å². The van der Waals surface area contributed by atoms with E-state index in [1.54, 1.807) is 6.07 Å². The molecule has 0 aromatic carbocycles. The normalized spacial score (nSPS) is 19.0. The molecule has 0 aliphatic heterocycles. The summed E-state index contributed by atoms with van der Waals surface area (Å²) in [6.07, 6.45) is 4.01. The smallest absolute Gasteiger partial charge is 0.314 e. The summed E-state index contributed by atoms with van der Waals surface area (Å²) in [5.41, 5.74) is -0.812. The molecule has 0 unspecified atom stereocenters. The van der Waals surface area contributed by atoms with E-state index in [0.717, 1.165) is 12.8 Å². The number of rotatable bonds is 2. The van der Waals surface area contributed by atoms with Gasteiger partial charge in [-0.15, -0.1) is 0 Å². The number of aromatic nitrogens is 1. The minimum atomic E-state index is -1.04. The van der Waals surface area contributed by atoms with E-state index >= 15 is 0 Å². The highest BCUT2D eigenvalue weighted by atomic mass is 19.1. The fourth-order valence-electron chi connectivity index (χ4n) is 2.32. The Kier molecular flexibility index (Phi) is 2.42. The molecule has 3 nitrogen and oxygen atoms in total. The Hall–Kier alpha value is -1.45. The van der Waals surface area contributed by atoms with Crippen LogP contribution in [0, 0.1) is 5.95 Å². The Bertz CT molecular complexity index is 386. The maximum Gasteiger partial charge on any atom is 0.314 e. The Balaban J connectivity index is 2.50. The first-order valence-corrected chi connectivity index (χ1v) is 5.01. The molecule has 1 heterocycles. The van der Waals surface area contributed by atoms with Crippen LogP contribution in [0.1, 0.15) is 31.2 Å². The highest BCUT2D eigenvalue weighted by Crippen LogP contribution is 2.41. The summed E-state index contributed by atoms with van der Waals surface area (Å²) in [5, 5.41) is 9.25. The second-order valence-electron chi connectivity index (χ2n) is 3.94. The Labute approximate surface area is 87.0 Å². The highest BCUT2D eigenvalue weighted by Gasteiger charge is 2.44. The summed E-state index contributed by atoms with van der Waals surface area (Å²) >= 11 is 0. The number of aliphatic carboxylic acids is 1. The van der Waals surface area contributed by atoms with Crippen molar-refractivity contribution in [3.05, 3.63) is 29.8 Å². The number of carbonyl (C=O) groups is 1. The molecule has 15 heavy (non-hydrogen) atoms.